The van der Waals surface area contributed by atoms with Gasteiger partial charge in [-0.25, -0.2) is 26.5 Å². The molecule has 2 aromatic heterocycles. The second-order valence-electron chi connectivity index (χ2n) is 14.9. The van der Waals surface area contributed by atoms with Gasteiger partial charge in [-0.1, -0.05) is 43.2 Å². The van der Waals surface area contributed by atoms with Gasteiger partial charge in [-0.15, -0.1) is 0 Å². The molecule has 3 aromatic carbocycles. The number of carbonyl (C=O) groups is 2. The minimum absolute atomic E-state index is 0.0880. The molecular formula is C41H42ClF3N6O7S2. The number of amides is 1. The largest absolute Gasteiger partial charge is 0.501 e. The molecule has 0 fully saturated rings. The summed E-state index contributed by atoms with van der Waals surface area (Å²) in [5.74, 6) is -1.10. The average Bonchev–Trinajstić information content (AvgIpc) is 3.66. The highest BCUT2D eigenvalue weighted by Gasteiger charge is 2.48. The zero-order valence-corrected chi connectivity index (χ0v) is 34.8. The third-order valence-electron chi connectivity index (χ3n) is 9.84. The molecule has 0 radical (unpaired) electrons. The van der Waals surface area contributed by atoms with E-state index < -0.39 is 46.8 Å². The van der Waals surface area contributed by atoms with Crippen molar-refractivity contribution in [2.24, 2.45) is 5.41 Å². The predicted octanol–water partition coefficient (Wildman–Crippen LogP) is 8.09. The summed E-state index contributed by atoms with van der Waals surface area (Å²) < 4.78 is 101. The molecule has 1 amide bonds. The van der Waals surface area contributed by atoms with Crippen LogP contribution in [0.3, 0.4) is 0 Å². The number of allylic oxidation sites excluding steroid dienone is 1. The number of H-pyrrole nitrogens is 1. The Balaban J connectivity index is 1.21. The first-order valence-corrected chi connectivity index (χ1v) is 22.1. The zero-order valence-electron chi connectivity index (χ0n) is 32.5. The van der Waals surface area contributed by atoms with E-state index in [1.807, 2.05) is 29.0 Å². The van der Waals surface area contributed by atoms with Crippen LogP contribution in [0.2, 0.25) is 5.02 Å². The fourth-order valence-electron chi connectivity index (χ4n) is 6.69. The number of nitrogens with one attached hydrogen (secondary N) is 5. The highest BCUT2D eigenvalue weighted by molar-refractivity contribution is 7.92. The topological polar surface area (TPSA) is 188 Å². The van der Waals surface area contributed by atoms with E-state index >= 15 is 0 Å². The van der Waals surface area contributed by atoms with E-state index in [4.69, 9.17) is 16.3 Å². The lowest BCUT2D eigenvalue weighted by Gasteiger charge is -2.34. The molecule has 0 atom stereocenters. The number of nitrogens with zero attached hydrogens (tertiary/aromatic N) is 1. The van der Waals surface area contributed by atoms with Crippen molar-refractivity contribution in [3.8, 4) is 11.5 Å². The van der Waals surface area contributed by atoms with Gasteiger partial charge in [0.25, 0.3) is 25.8 Å². The van der Waals surface area contributed by atoms with Crippen molar-refractivity contribution in [2.45, 2.75) is 54.8 Å². The van der Waals surface area contributed by atoms with Crippen LogP contribution in [-0.2, 0) is 24.7 Å². The van der Waals surface area contributed by atoms with Crippen molar-refractivity contribution in [3.63, 3.8) is 0 Å². The van der Waals surface area contributed by atoms with E-state index in [0.29, 0.717) is 53.7 Å². The van der Waals surface area contributed by atoms with E-state index in [0.717, 1.165) is 37.0 Å². The Morgan fingerprint density at radius 3 is 2.47 bits per heavy atom. The Kier molecular flexibility index (Phi) is 13.3. The standard InChI is InChI=1S/C41H42ClF3N6O7S2/c1-40(2)14-12-28(34(23-40)26-4-6-29(42)7-5-26)24-46-17-18-47-30-8-10-33(36(21-30)58-31-20-27-13-16-49-38(27)50-25-31)39(53)51-60(56,57)32-9-11-35(48-15-3-19-52)37(22-32)59(54,55)41(43,44)45/h4-11,13,16,19-22,25,46-48H,3,12,14-15,17-18,23-24H2,1-2H3,(H,49,50)(H,51,53). The maximum atomic E-state index is 13.7. The summed E-state index contributed by atoms with van der Waals surface area (Å²) in [6.45, 7) is 5.99. The highest BCUT2D eigenvalue weighted by atomic mass is 35.5. The van der Waals surface area contributed by atoms with Gasteiger partial charge in [-0.05, 0) is 90.4 Å². The predicted molar refractivity (Wildman–Crippen MR) is 223 cm³/mol. The summed E-state index contributed by atoms with van der Waals surface area (Å²) in [4.78, 5) is 29.3. The molecule has 5 aromatic rings. The first kappa shape index (κ1) is 44.1. The molecule has 0 saturated heterocycles. The van der Waals surface area contributed by atoms with Gasteiger partial charge in [0.15, 0.2) is 0 Å². The van der Waals surface area contributed by atoms with E-state index in [1.165, 1.54) is 35.5 Å². The van der Waals surface area contributed by atoms with Crippen LogP contribution in [-0.4, -0.2) is 70.7 Å². The normalized spacial score (nSPS) is 14.5. The minimum atomic E-state index is -6.08. The Labute approximate surface area is 350 Å². The molecule has 0 spiro atoms. The fraction of sp³-hybridized carbons (Fsp3) is 0.293. The number of hydrogen-bond acceptors (Lipinski definition) is 11. The summed E-state index contributed by atoms with van der Waals surface area (Å²) >= 11 is 6.15. The number of sulfone groups is 1. The quantitative estimate of drug-likeness (QED) is 0.0449. The summed E-state index contributed by atoms with van der Waals surface area (Å²) in [6, 6.07) is 17.5. The number of hydrogen-bond donors (Lipinski definition) is 5. The van der Waals surface area contributed by atoms with Gasteiger partial charge >= 0.3 is 5.51 Å². The number of pyridine rings is 1. The Morgan fingerprint density at radius 1 is 0.967 bits per heavy atom. The lowest BCUT2D eigenvalue weighted by molar-refractivity contribution is -0.107. The van der Waals surface area contributed by atoms with Gasteiger partial charge < -0.3 is 30.5 Å². The lowest BCUT2D eigenvalue weighted by Crippen LogP contribution is -2.31. The van der Waals surface area contributed by atoms with Crippen LogP contribution >= 0.6 is 11.6 Å². The van der Waals surface area contributed by atoms with Crippen molar-refractivity contribution in [1.29, 1.82) is 0 Å². The Bertz CT molecular complexity index is 2650. The number of ether oxygens (including phenoxy) is 1. The number of sulfonamides is 1. The molecule has 13 nitrogen and oxygen atoms in total. The fourth-order valence-corrected chi connectivity index (χ4v) is 8.84. The molecule has 0 bridgehead atoms. The van der Waals surface area contributed by atoms with Crippen molar-refractivity contribution in [2.75, 3.05) is 36.8 Å². The van der Waals surface area contributed by atoms with Gasteiger partial charge in [0.05, 0.1) is 22.3 Å². The van der Waals surface area contributed by atoms with E-state index in [1.54, 1.807) is 18.3 Å². The maximum Gasteiger partial charge on any atom is 0.501 e. The molecule has 19 heteroatoms. The number of aromatic nitrogens is 2. The van der Waals surface area contributed by atoms with Gasteiger partial charge in [-0.2, -0.15) is 13.2 Å². The molecule has 0 unspecified atom stereocenters. The van der Waals surface area contributed by atoms with Gasteiger partial charge in [-0.3, -0.25) is 4.79 Å². The molecule has 318 valence electrons. The Morgan fingerprint density at radius 2 is 1.73 bits per heavy atom. The molecule has 60 heavy (non-hydrogen) atoms. The number of alkyl halides is 3. The van der Waals surface area contributed by atoms with Crippen LogP contribution in [0, 0.1) is 5.41 Å². The van der Waals surface area contributed by atoms with Crippen molar-refractivity contribution in [3.05, 3.63) is 107 Å². The van der Waals surface area contributed by atoms with Crippen molar-refractivity contribution in [1.82, 2.24) is 20.0 Å². The third kappa shape index (κ3) is 10.5. The number of rotatable bonds is 17. The van der Waals surface area contributed by atoms with E-state index in [2.05, 4.69) is 39.8 Å². The zero-order chi connectivity index (χ0) is 43.3. The van der Waals surface area contributed by atoms with Gasteiger partial charge in [0.2, 0.25) is 0 Å². The average molecular weight is 887 g/mol. The molecule has 0 saturated carbocycles. The second kappa shape index (κ2) is 18.0. The molecule has 2 heterocycles. The lowest BCUT2D eigenvalue weighted by atomic mass is 9.72. The van der Waals surface area contributed by atoms with Gasteiger partial charge in [0, 0.05) is 61.0 Å². The molecule has 1 aliphatic carbocycles. The molecule has 6 rings (SSSR count). The van der Waals surface area contributed by atoms with Crippen molar-refractivity contribution >= 4 is 71.6 Å². The highest BCUT2D eigenvalue weighted by Crippen LogP contribution is 2.43. The number of benzene rings is 3. The van der Waals surface area contributed by atoms with Crippen LogP contribution in [0.4, 0.5) is 24.5 Å². The van der Waals surface area contributed by atoms with Crippen LogP contribution in [0.25, 0.3) is 16.6 Å². The van der Waals surface area contributed by atoms with E-state index in [-0.39, 0.29) is 35.4 Å². The number of aldehydes is 1. The smallest absolute Gasteiger partial charge is 0.455 e. The summed E-state index contributed by atoms with van der Waals surface area (Å²) in [7, 11) is -11.1. The molecule has 1 aliphatic rings. The number of anilines is 2. The summed E-state index contributed by atoms with van der Waals surface area (Å²) in [5.41, 5.74) is -1.61. The molecule has 0 aliphatic heterocycles. The van der Waals surface area contributed by atoms with Crippen molar-refractivity contribution < 1.29 is 44.3 Å². The Hall–Kier alpha value is -5.43. The number of aromatic amines is 1. The third-order valence-corrected chi connectivity index (χ3v) is 12.9. The summed E-state index contributed by atoms with van der Waals surface area (Å²) in [5, 5.41) is 10.5. The first-order valence-electron chi connectivity index (χ1n) is 18.7. The summed E-state index contributed by atoms with van der Waals surface area (Å²) in [6.07, 6.45) is 6.31. The monoisotopic (exact) mass is 886 g/mol. The van der Waals surface area contributed by atoms with E-state index in [9.17, 15) is 39.6 Å². The second-order valence-corrected chi connectivity index (χ2v) is 18.9. The number of carbonyl (C=O) groups excluding carboxylic acids is 2. The molecular weight excluding hydrogens is 845 g/mol. The maximum absolute atomic E-state index is 13.7. The number of fused-ring (bicyclic) bond motifs is 1. The first-order chi connectivity index (χ1) is 28.4. The van der Waals surface area contributed by atoms with Gasteiger partial charge in [0.1, 0.15) is 28.3 Å². The van der Waals surface area contributed by atoms with Crippen LogP contribution in [0.5, 0.6) is 11.5 Å². The minimum Gasteiger partial charge on any atom is -0.455 e. The van der Waals surface area contributed by atoms with Crippen LogP contribution in [0.15, 0.2) is 101 Å². The molecule has 5 N–H and O–H groups in total. The van der Waals surface area contributed by atoms with Crippen LogP contribution in [0.1, 0.15) is 55.5 Å². The van der Waals surface area contributed by atoms with Crippen LogP contribution < -0.4 is 25.4 Å². The number of halogens is 4. The SMILES string of the molecule is CC1(C)CCC(CNCCNc2ccc(C(=O)NS(=O)(=O)c3ccc(NCCC=O)c(S(=O)(=O)C(F)(F)F)c3)c(Oc3cnc4[nH]ccc4c3)c2)=C(c2ccc(Cl)cc2)C1.